The summed E-state index contributed by atoms with van der Waals surface area (Å²) in [5.74, 6) is 0.684. The first-order valence-corrected chi connectivity index (χ1v) is 8.67. The molecule has 1 aromatic carbocycles. The van der Waals surface area contributed by atoms with E-state index in [1.165, 1.54) is 0 Å². The Kier molecular flexibility index (Phi) is 4.31. The zero-order valence-corrected chi connectivity index (χ0v) is 13.8. The fraction of sp³-hybridized carbons (Fsp3) is 0.385. The van der Waals surface area contributed by atoms with E-state index in [0.717, 1.165) is 11.8 Å². The van der Waals surface area contributed by atoms with Crippen LogP contribution >= 0.6 is 12.2 Å². The van der Waals surface area contributed by atoms with Gasteiger partial charge in [-0.1, -0.05) is 30.3 Å². The molecule has 0 unspecified atom stereocenters. The van der Waals surface area contributed by atoms with Crippen LogP contribution in [0.5, 0.6) is 0 Å². The molecule has 0 aliphatic rings. The smallest absolute Gasteiger partial charge is 0.209 e. The van der Waals surface area contributed by atoms with Crippen LogP contribution in [0.4, 0.5) is 0 Å². The lowest BCUT2D eigenvalue weighted by Crippen LogP contribution is -2.46. The summed E-state index contributed by atoms with van der Waals surface area (Å²) in [6.45, 7) is 3.98. The molecule has 8 heteroatoms. The molecule has 0 atom stereocenters. The summed E-state index contributed by atoms with van der Waals surface area (Å²) in [5, 5.41) is 6.99. The number of H-pyrrole nitrogens is 1. The van der Waals surface area contributed by atoms with Crippen LogP contribution in [0.25, 0.3) is 11.4 Å². The third-order valence-electron chi connectivity index (χ3n) is 2.81. The van der Waals surface area contributed by atoms with Crippen molar-refractivity contribution in [3.8, 4) is 11.4 Å². The van der Waals surface area contributed by atoms with E-state index in [0.29, 0.717) is 17.1 Å². The summed E-state index contributed by atoms with van der Waals surface area (Å²) in [7, 11) is -3.30. The van der Waals surface area contributed by atoms with E-state index < -0.39 is 15.6 Å². The van der Waals surface area contributed by atoms with E-state index in [9.17, 15) is 8.42 Å². The lowest BCUT2D eigenvalue weighted by molar-refractivity contribution is 0.390. The van der Waals surface area contributed by atoms with Crippen molar-refractivity contribution in [3.05, 3.63) is 35.1 Å². The first-order valence-electron chi connectivity index (χ1n) is 6.37. The van der Waals surface area contributed by atoms with E-state index in [-0.39, 0.29) is 0 Å². The van der Waals surface area contributed by atoms with Crippen molar-refractivity contribution in [2.75, 3.05) is 6.26 Å². The molecule has 0 spiro atoms. The lowest BCUT2D eigenvalue weighted by Gasteiger charge is -2.26. The first-order chi connectivity index (χ1) is 9.68. The van der Waals surface area contributed by atoms with E-state index in [2.05, 4.69) is 14.9 Å². The molecule has 2 aromatic rings. The Morgan fingerprint density at radius 3 is 2.52 bits per heavy atom. The monoisotopic (exact) mass is 326 g/mol. The predicted octanol–water partition coefficient (Wildman–Crippen LogP) is 1.94. The number of hydrogen-bond donors (Lipinski definition) is 2. The largest absolute Gasteiger partial charge is 0.298 e. The molecule has 0 aliphatic heterocycles. The average molecular weight is 326 g/mol. The van der Waals surface area contributed by atoms with E-state index in [4.69, 9.17) is 12.2 Å². The summed E-state index contributed by atoms with van der Waals surface area (Å²) in [6.07, 6.45) is 1.14. The zero-order chi connectivity index (χ0) is 15.7. The molecule has 0 saturated carbocycles. The predicted molar refractivity (Wildman–Crippen MR) is 84.9 cm³/mol. The van der Waals surface area contributed by atoms with Crippen LogP contribution in [0, 0.1) is 4.77 Å². The van der Waals surface area contributed by atoms with Gasteiger partial charge in [0.25, 0.3) is 0 Å². The van der Waals surface area contributed by atoms with Crippen LogP contribution in [-0.2, 0) is 16.6 Å². The molecular formula is C13H18N4O2S2. The number of aromatic amines is 1. The van der Waals surface area contributed by atoms with Crippen LogP contribution in [-0.4, -0.2) is 35.0 Å². The number of benzene rings is 1. The van der Waals surface area contributed by atoms with E-state index in [1.54, 1.807) is 18.4 Å². The Morgan fingerprint density at radius 2 is 1.95 bits per heavy atom. The van der Waals surface area contributed by atoms with Crippen LogP contribution in [0.15, 0.2) is 30.3 Å². The standard InChI is InChI=1S/C13H18N4O2S2/c1-13(2,16-21(3,18)19)9-17-11(14-15-12(17)20)10-7-5-4-6-8-10/h4-8,16H,9H2,1-3H3,(H,15,20). The van der Waals surface area contributed by atoms with Gasteiger partial charge in [-0.3, -0.25) is 9.67 Å². The van der Waals surface area contributed by atoms with Gasteiger partial charge in [0.15, 0.2) is 10.6 Å². The summed E-state index contributed by atoms with van der Waals surface area (Å²) >= 11 is 5.25. The highest BCUT2D eigenvalue weighted by Gasteiger charge is 2.24. The number of nitrogens with zero attached hydrogens (tertiary/aromatic N) is 2. The second kappa shape index (κ2) is 5.70. The molecule has 0 saturated heterocycles. The lowest BCUT2D eigenvalue weighted by atomic mass is 10.1. The molecule has 0 aliphatic carbocycles. The SMILES string of the molecule is CC(C)(Cn1c(-c2ccccc2)n[nH]c1=S)NS(C)(=O)=O. The number of sulfonamides is 1. The minimum atomic E-state index is -3.30. The Labute approximate surface area is 129 Å². The fourth-order valence-corrected chi connectivity index (χ4v) is 3.47. The van der Waals surface area contributed by atoms with Gasteiger partial charge < -0.3 is 0 Å². The number of nitrogens with one attached hydrogen (secondary N) is 2. The van der Waals surface area contributed by atoms with Crippen LogP contribution in [0.2, 0.25) is 0 Å². The molecule has 21 heavy (non-hydrogen) atoms. The highest BCUT2D eigenvalue weighted by Crippen LogP contribution is 2.19. The van der Waals surface area contributed by atoms with Crippen LogP contribution in [0.1, 0.15) is 13.8 Å². The van der Waals surface area contributed by atoms with Gasteiger partial charge in [0.1, 0.15) is 0 Å². The normalized spacial score (nSPS) is 12.5. The summed E-state index contributed by atoms with van der Waals surface area (Å²) in [6, 6.07) is 9.61. The second-order valence-electron chi connectivity index (χ2n) is 5.56. The molecule has 0 bridgehead atoms. The molecule has 1 heterocycles. The Balaban J connectivity index is 2.38. The Hall–Kier alpha value is -1.51. The molecule has 1 aromatic heterocycles. The molecule has 2 rings (SSSR count). The van der Waals surface area contributed by atoms with Gasteiger partial charge in [0.2, 0.25) is 10.0 Å². The van der Waals surface area contributed by atoms with Gasteiger partial charge in [-0.25, -0.2) is 13.1 Å². The van der Waals surface area contributed by atoms with Crippen molar-refractivity contribution in [3.63, 3.8) is 0 Å². The van der Waals surface area contributed by atoms with E-state index in [1.807, 2.05) is 30.3 Å². The summed E-state index contributed by atoms with van der Waals surface area (Å²) < 4.78 is 27.7. The number of aromatic nitrogens is 3. The van der Waals surface area contributed by atoms with Crippen LogP contribution in [0.3, 0.4) is 0 Å². The number of rotatable bonds is 5. The topological polar surface area (TPSA) is 79.8 Å². The molecule has 0 fully saturated rings. The average Bonchev–Trinajstić information content (AvgIpc) is 2.68. The number of hydrogen-bond acceptors (Lipinski definition) is 4. The van der Waals surface area contributed by atoms with Gasteiger partial charge in [-0.15, -0.1) is 0 Å². The van der Waals surface area contributed by atoms with Crippen molar-refractivity contribution in [1.29, 1.82) is 0 Å². The first kappa shape index (κ1) is 15.9. The molecular weight excluding hydrogens is 308 g/mol. The van der Waals surface area contributed by atoms with Gasteiger partial charge >= 0.3 is 0 Å². The Morgan fingerprint density at radius 1 is 1.33 bits per heavy atom. The highest BCUT2D eigenvalue weighted by molar-refractivity contribution is 7.88. The minimum Gasteiger partial charge on any atom is -0.298 e. The van der Waals surface area contributed by atoms with Crippen molar-refractivity contribution in [1.82, 2.24) is 19.5 Å². The van der Waals surface area contributed by atoms with Gasteiger partial charge in [0, 0.05) is 17.6 Å². The third kappa shape index (κ3) is 4.23. The molecule has 0 amide bonds. The molecule has 2 N–H and O–H groups in total. The zero-order valence-electron chi connectivity index (χ0n) is 12.1. The van der Waals surface area contributed by atoms with Crippen molar-refractivity contribution in [2.24, 2.45) is 0 Å². The van der Waals surface area contributed by atoms with E-state index >= 15 is 0 Å². The minimum absolute atomic E-state index is 0.375. The summed E-state index contributed by atoms with van der Waals surface area (Å²) in [4.78, 5) is 0. The quantitative estimate of drug-likeness (QED) is 0.823. The maximum absolute atomic E-state index is 11.4. The molecule has 114 valence electrons. The van der Waals surface area contributed by atoms with Gasteiger partial charge in [-0.2, -0.15) is 5.10 Å². The second-order valence-corrected chi connectivity index (χ2v) is 7.70. The van der Waals surface area contributed by atoms with Crippen molar-refractivity contribution < 1.29 is 8.42 Å². The fourth-order valence-electron chi connectivity index (χ4n) is 2.20. The summed E-state index contributed by atoms with van der Waals surface area (Å²) in [5.41, 5.74) is 0.235. The maximum atomic E-state index is 11.4. The highest BCUT2D eigenvalue weighted by atomic mass is 32.2. The van der Waals surface area contributed by atoms with Gasteiger partial charge in [-0.05, 0) is 26.1 Å². The maximum Gasteiger partial charge on any atom is 0.209 e. The van der Waals surface area contributed by atoms with Gasteiger partial charge in [0.05, 0.1) is 6.26 Å². The Bertz CT molecular complexity index is 776. The van der Waals surface area contributed by atoms with Crippen LogP contribution < -0.4 is 4.72 Å². The third-order valence-corrected chi connectivity index (χ3v) is 4.04. The van der Waals surface area contributed by atoms with Crippen molar-refractivity contribution >= 4 is 22.2 Å². The molecule has 6 nitrogen and oxygen atoms in total. The van der Waals surface area contributed by atoms with Crippen molar-refractivity contribution in [2.45, 2.75) is 25.9 Å². The molecule has 0 radical (unpaired) electrons.